The van der Waals surface area contributed by atoms with Gasteiger partial charge in [0.15, 0.2) is 0 Å². The molecule has 1 aromatic carbocycles. The molecule has 1 atom stereocenters. The lowest BCUT2D eigenvalue weighted by Gasteiger charge is -2.08. The van der Waals surface area contributed by atoms with Gasteiger partial charge in [-0.15, -0.1) is 0 Å². The molecule has 0 bridgehead atoms. The van der Waals surface area contributed by atoms with E-state index in [1.807, 2.05) is 30.3 Å². The summed E-state index contributed by atoms with van der Waals surface area (Å²) in [6, 6.07) is 9.69. The van der Waals surface area contributed by atoms with Crippen molar-refractivity contribution in [3.63, 3.8) is 0 Å². The highest BCUT2D eigenvalue weighted by atomic mass is 16.5. The molecule has 1 unspecified atom stereocenters. The minimum Gasteiger partial charge on any atom is -0.492 e. The Labute approximate surface area is 84.7 Å². The quantitative estimate of drug-likeness (QED) is 0.666. The third kappa shape index (κ3) is 4.84. The molecule has 0 aromatic heterocycles. The number of nitrogens with one attached hydrogen (secondary N) is 1. The van der Waals surface area contributed by atoms with E-state index in [0.29, 0.717) is 13.2 Å². The first kappa shape index (κ1) is 11.0. The molecule has 3 nitrogen and oxygen atoms in total. The molecule has 0 amide bonds. The maximum atomic E-state index is 8.97. The molecule has 0 radical (unpaired) electrons. The first-order valence-electron chi connectivity index (χ1n) is 4.85. The lowest BCUT2D eigenvalue weighted by molar-refractivity contribution is 0.188. The number of rotatable bonds is 6. The van der Waals surface area contributed by atoms with Gasteiger partial charge in [-0.05, 0) is 19.1 Å². The SMILES string of the molecule is CC(O)CNCCOc1ccccc1. The lowest BCUT2D eigenvalue weighted by atomic mass is 10.3. The van der Waals surface area contributed by atoms with Crippen LogP contribution in [0, 0.1) is 0 Å². The largest absolute Gasteiger partial charge is 0.492 e. The Bertz CT molecular complexity index is 236. The number of aliphatic hydroxyl groups is 1. The van der Waals surface area contributed by atoms with Crippen molar-refractivity contribution in [2.75, 3.05) is 19.7 Å². The number of ether oxygens (including phenoxy) is 1. The minimum atomic E-state index is -0.299. The van der Waals surface area contributed by atoms with Crippen LogP contribution in [0.25, 0.3) is 0 Å². The Hall–Kier alpha value is -1.06. The van der Waals surface area contributed by atoms with Crippen molar-refractivity contribution in [3.05, 3.63) is 30.3 Å². The van der Waals surface area contributed by atoms with E-state index < -0.39 is 0 Å². The monoisotopic (exact) mass is 195 g/mol. The van der Waals surface area contributed by atoms with E-state index in [1.165, 1.54) is 0 Å². The molecule has 0 aliphatic rings. The molecule has 2 N–H and O–H groups in total. The highest BCUT2D eigenvalue weighted by Gasteiger charge is 1.94. The number of hydrogen-bond acceptors (Lipinski definition) is 3. The Morgan fingerprint density at radius 2 is 2.07 bits per heavy atom. The molecule has 0 saturated carbocycles. The highest BCUT2D eigenvalue weighted by Crippen LogP contribution is 2.07. The zero-order valence-electron chi connectivity index (χ0n) is 8.44. The second-order valence-corrected chi connectivity index (χ2v) is 3.21. The van der Waals surface area contributed by atoms with Gasteiger partial charge in [0.2, 0.25) is 0 Å². The van der Waals surface area contributed by atoms with E-state index >= 15 is 0 Å². The van der Waals surface area contributed by atoms with Crippen molar-refractivity contribution in [1.82, 2.24) is 5.32 Å². The van der Waals surface area contributed by atoms with Crippen molar-refractivity contribution in [2.45, 2.75) is 13.0 Å². The minimum absolute atomic E-state index is 0.299. The molecular weight excluding hydrogens is 178 g/mol. The maximum absolute atomic E-state index is 8.97. The van der Waals surface area contributed by atoms with Crippen LogP contribution in [0.2, 0.25) is 0 Å². The molecule has 0 aliphatic carbocycles. The molecule has 78 valence electrons. The fourth-order valence-electron chi connectivity index (χ4n) is 1.07. The van der Waals surface area contributed by atoms with Crippen LogP contribution in [0.5, 0.6) is 5.75 Å². The number of hydrogen-bond donors (Lipinski definition) is 2. The van der Waals surface area contributed by atoms with Crippen LogP contribution < -0.4 is 10.1 Å². The Morgan fingerprint density at radius 3 is 2.71 bits per heavy atom. The molecule has 1 rings (SSSR count). The zero-order valence-corrected chi connectivity index (χ0v) is 8.44. The predicted octanol–water partition coefficient (Wildman–Crippen LogP) is 1.04. The third-order valence-corrected chi connectivity index (χ3v) is 1.73. The summed E-state index contributed by atoms with van der Waals surface area (Å²) in [6.07, 6.45) is -0.299. The van der Waals surface area contributed by atoms with Crippen molar-refractivity contribution < 1.29 is 9.84 Å². The molecular formula is C11H17NO2. The van der Waals surface area contributed by atoms with Crippen LogP contribution in [0.3, 0.4) is 0 Å². The zero-order chi connectivity index (χ0) is 10.2. The second-order valence-electron chi connectivity index (χ2n) is 3.21. The van der Waals surface area contributed by atoms with Gasteiger partial charge >= 0.3 is 0 Å². The average Bonchev–Trinajstić information content (AvgIpc) is 2.18. The molecule has 14 heavy (non-hydrogen) atoms. The Balaban J connectivity index is 2.05. The van der Waals surface area contributed by atoms with Crippen LogP contribution in [-0.4, -0.2) is 30.9 Å². The smallest absolute Gasteiger partial charge is 0.119 e. The number of para-hydroxylation sites is 1. The van der Waals surface area contributed by atoms with E-state index in [0.717, 1.165) is 12.3 Å². The van der Waals surface area contributed by atoms with Gasteiger partial charge in [-0.25, -0.2) is 0 Å². The summed E-state index contributed by atoms with van der Waals surface area (Å²) >= 11 is 0. The summed E-state index contributed by atoms with van der Waals surface area (Å²) in [4.78, 5) is 0. The van der Waals surface area contributed by atoms with Gasteiger partial charge in [-0.1, -0.05) is 18.2 Å². The first-order valence-corrected chi connectivity index (χ1v) is 4.85. The van der Waals surface area contributed by atoms with Crippen molar-refractivity contribution in [3.8, 4) is 5.75 Å². The first-order chi connectivity index (χ1) is 6.79. The molecule has 0 fully saturated rings. The summed E-state index contributed by atoms with van der Waals surface area (Å²) in [5, 5.41) is 12.0. The van der Waals surface area contributed by atoms with Gasteiger partial charge in [0.1, 0.15) is 12.4 Å². The summed E-state index contributed by atoms with van der Waals surface area (Å²) in [6.45, 7) is 3.74. The van der Waals surface area contributed by atoms with Gasteiger partial charge in [-0.2, -0.15) is 0 Å². The normalized spacial score (nSPS) is 12.4. The lowest BCUT2D eigenvalue weighted by Crippen LogP contribution is -2.28. The standard InChI is InChI=1S/C11H17NO2/c1-10(13)9-12-7-8-14-11-5-3-2-4-6-11/h2-6,10,12-13H,7-9H2,1H3. The van der Waals surface area contributed by atoms with E-state index in [9.17, 15) is 0 Å². The Morgan fingerprint density at radius 1 is 1.36 bits per heavy atom. The summed E-state index contributed by atoms with van der Waals surface area (Å²) < 4.78 is 5.44. The fraction of sp³-hybridized carbons (Fsp3) is 0.455. The van der Waals surface area contributed by atoms with Gasteiger partial charge in [0.25, 0.3) is 0 Å². The Kier molecular flexibility index (Phi) is 5.04. The third-order valence-electron chi connectivity index (χ3n) is 1.73. The van der Waals surface area contributed by atoms with E-state index in [-0.39, 0.29) is 6.10 Å². The van der Waals surface area contributed by atoms with Crippen molar-refractivity contribution in [2.24, 2.45) is 0 Å². The van der Waals surface area contributed by atoms with Crippen LogP contribution >= 0.6 is 0 Å². The van der Waals surface area contributed by atoms with Gasteiger partial charge in [0, 0.05) is 13.1 Å². The molecule has 0 spiro atoms. The van der Waals surface area contributed by atoms with E-state index in [1.54, 1.807) is 6.92 Å². The van der Waals surface area contributed by atoms with Crippen molar-refractivity contribution in [1.29, 1.82) is 0 Å². The molecule has 0 saturated heterocycles. The van der Waals surface area contributed by atoms with Crippen LogP contribution in [-0.2, 0) is 0 Å². The van der Waals surface area contributed by atoms with Gasteiger partial charge in [-0.3, -0.25) is 0 Å². The second kappa shape index (κ2) is 6.40. The van der Waals surface area contributed by atoms with Crippen LogP contribution in [0.1, 0.15) is 6.92 Å². The van der Waals surface area contributed by atoms with E-state index in [4.69, 9.17) is 9.84 Å². The number of benzene rings is 1. The summed E-state index contributed by atoms with van der Waals surface area (Å²) in [5.74, 6) is 0.881. The van der Waals surface area contributed by atoms with Crippen LogP contribution in [0.15, 0.2) is 30.3 Å². The van der Waals surface area contributed by atoms with Crippen LogP contribution in [0.4, 0.5) is 0 Å². The summed E-state index contributed by atoms with van der Waals surface area (Å²) in [5.41, 5.74) is 0. The topological polar surface area (TPSA) is 41.5 Å². The highest BCUT2D eigenvalue weighted by molar-refractivity contribution is 5.20. The summed E-state index contributed by atoms with van der Waals surface area (Å²) in [7, 11) is 0. The van der Waals surface area contributed by atoms with Gasteiger partial charge < -0.3 is 15.2 Å². The molecule has 3 heteroatoms. The average molecular weight is 195 g/mol. The van der Waals surface area contributed by atoms with Gasteiger partial charge in [0.05, 0.1) is 6.10 Å². The number of aliphatic hydroxyl groups excluding tert-OH is 1. The molecule has 0 heterocycles. The molecule has 1 aromatic rings. The van der Waals surface area contributed by atoms with E-state index in [2.05, 4.69) is 5.32 Å². The maximum Gasteiger partial charge on any atom is 0.119 e. The molecule has 0 aliphatic heterocycles. The fourth-order valence-corrected chi connectivity index (χ4v) is 1.07. The predicted molar refractivity (Wildman–Crippen MR) is 56.5 cm³/mol. The van der Waals surface area contributed by atoms with Crippen molar-refractivity contribution >= 4 is 0 Å².